The van der Waals surface area contributed by atoms with E-state index in [2.05, 4.69) is 4.74 Å². The maximum Gasteiger partial charge on any atom is 0.336 e. The van der Waals surface area contributed by atoms with E-state index < -0.39 is 11.6 Å². The lowest BCUT2D eigenvalue weighted by Gasteiger charge is -2.27. The monoisotopic (exact) mass is 444 g/mol. The average molecular weight is 445 g/mol. The molecule has 3 rings (SSSR count). The minimum atomic E-state index is -1.08. The van der Waals surface area contributed by atoms with E-state index in [0.717, 1.165) is 10.5 Å². The number of imide groups is 1. The Hall–Kier alpha value is -3.39. The van der Waals surface area contributed by atoms with Crippen molar-refractivity contribution >= 4 is 47.5 Å². The standard InChI is InChI=1S/C22H24N4O4.ClH/c1-22(2)20(28)25(16-11-7-15(8-12-16)19(23)24)21(29)26(22)17-9-4-14(5-10-17)6-13-18(27)30-3;/h4-5,7-12H,6,13H2,1-3H3,(H3,23,24);1H. The number of amidine groups is 1. The number of nitrogens with two attached hydrogens (primary N) is 1. The van der Waals surface area contributed by atoms with Crippen molar-refractivity contribution in [2.45, 2.75) is 32.2 Å². The van der Waals surface area contributed by atoms with Crippen molar-refractivity contribution in [1.29, 1.82) is 5.41 Å². The number of nitrogens with one attached hydrogen (secondary N) is 1. The predicted molar refractivity (Wildman–Crippen MR) is 121 cm³/mol. The molecule has 164 valence electrons. The first kappa shape index (κ1) is 23.9. The molecule has 2 aromatic carbocycles. The third kappa shape index (κ3) is 4.54. The summed E-state index contributed by atoms with van der Waals surface area (Å²) in [7, 11) is 1.35. The second-order valence-corrected chi connectivity index (χ2v) is 7.52. The topological polar surface area (TPSA) is 117 Å². The Labute approximate surface area is 186 Å². The second-order valence-electron chi connectivity index (χ2n) is 7.52. The van der Waals surface area contributed by atoms with E-state index in [-0.39, 0.29) is 36.5 Å². The highest BCUT2D eigenvalue weighted by atomic mass is 35.5. The highest BCUT2D eigenvalue weighted by Gasteiger charge is 2.52. The number of nitrogen functional groups attached to an aromatic ring is 1. The Morgan fingerprint density at radius 2 is 1.58 bits per heavy atom. The van der Waals surface area contributed by atoms with Gasteiger partial charge in [0, 0.05) is 17.7 Å². The van der Waals surface area contributed by atoms with Crippen molar-refractivity contribution < 1.29 is 19.1 Å². The second kappa shape index (κ2) is 9.18. The summed E-state index contributed by atoms with van der Waals surface area (Å²) >= 11 is 0. The molecule has 1 fully saturated rings. The van der Waals surface area contributed by atoms with Gasteiger partial charge in [0.25, 0.3) is 5.91 Å². The number of anilines is 2. The highest BCUT2D eigenvalue weighted by Crippen LogP contribution is 2.36. The predicted octanol–water partition coefficient (Wildman–Crippen LogP) is 3.25. The lowest BCUT2D eigenvalue weighted by Crippen LogP contribution is -2.44. The molecule has 9 heteroatoms. The van der Waals surface area contributed by atoms with Gasteiger partial charge in [0.2, 0.25) is 0 Å². The first-order chi connectivity index (χ1) is 14.2. The van der Waals surface area contributed by atoms with E-state index in [1.54, 1.807) is 50.2 Å². The molecule has 1 aliphatic heterocycles. The highest BCUT2D eigenvalue weighted by molar-refractivity contribution is 6.30. The average Bonchev–Trinajstić information content (AvgIpc) is 2.90. The number of amides is 3. The van der Waals surface area contributed by atoms with Crippen molar-refractivity contribution in [3.8, 4) is 0 Å². The summed E-state index contributed by atoms with van der Waals surface area (Å²) < 4.78 is 4.65. The maximum absolute atomic E-state index is 13.2. The molecule has 8 nitrogen and oxygen atoms in total. The van der Waals surface area contributed by atoms with Crippen molar-refractivity contribution in [1.82, 2.24) is 0 Å². The molecule has 1 aliphatic rings. The van der Waals surface area contributed by atoms with E-state index in [0.29, 0.717) is 23.4 Å². The first-order valence-corrected chi connectivity index (χ1v) is 9.45. The fraction of sp³-hybridized carbons (Fsp3) is 0.273. The van der Waals surface area contributed by atoms with Crippen LogP contribution in [0, 0.1) is 5.41 Å². The quantitative estimate of drug-likeness (QED) is 0.307. The molecular formula is C22H25ClN4O4. The van der Waals surface area contributed by atoms with Crippen LogP contribution in [0.2, 0.25) is 0 Å². The van der Waals surface area contributed by atoms with E-state index in [9.17, 15) is 14.4 Å². The van der Waals surface area contributed by atoms with Gasteiger partial charge in [-0.15, -0.1) is 12.4 Å². The minimum absolute atomic E-state index is 0. The number of carbonyl (C=O) groups is 3. The molecule has 0 aliphatic carbocycles. The third-order valence-corrected chi connectivity index (χ3v) is 5.14. The van der Waals surface area contributed by atoms with Crippen LogP contribution >= 0.6 is 12.4 Å². The van der Waals surface area contributed by atoms with E-state index in [4.69, 9.17) is 11.1 Å². The molecule has 0 radical (unpaired) electrons. The normalized spacial score (nSPS) is 14.9. The van der Waals surface area contributed by atoms with E-state index >= 15 is 0 Å². The van der Waals surface area contributed by atoms with Crippen LogP contribution in [0.5, 0.6) is 0 Å². The number of carbonyl (C=O) groups excluding carboxylic acids is 3. The van der Waals surface area contributed by atoms with Crippen LogP contribution in [0.15, 0.2) is 48.5 Å². The third-order valence-electron chi connectivity index (χ3n) is 5.14. The Morgan fingerprint density at radius 3 is 2.10 bits per heavy atom. The van der Waals surface area contributed by atoms with Gasteiger partial charge >= 0.3 is 12.0 Å². The van der Waals surface area contributed by atoms with Gasteiger partial charge in [0.15, 0.2) is 0 Å². The molecule has 0 bridgehead atoms. The molecule has 3 N–H and O–H groups in total. The number of ether oxygens (including phenoxy) is 1. The number of benzene rings is 2. The summed E-state index contributed by atoms with van der Waals surface area (Å²) in [5.74, 6) is -0.723. The zero-order valence-corrected chi connectivity index (χ0v) is 18.4. The largest absolute Gasteiger partial charge is 0.469 e. The Morgan fingerprint density at radius 1 is 1.03 bits per heavy atom. The van der Waals surface area contributed by atoms with Crippen molar-refractivity contribution in [3.05, 3.63) is 59.7 Å². The number of halogens is 1. The summed E-state index contributed by atoms with van der Waals surface area (Å²) in [6.07, 6.45) is 0.796. The summed E-state index contributed by atoms with van der Waals surface area (Å²) in [5.41, 5.74) is 6.83. The Balaban J connectivity index is 0.00000341. The van der Waals surface area contributed by atoms with Crippen LogP contribution in [-0.2, 0) is 20.7 Å². The summed E-state index contributed by atoms with van der Waals surface area (Å²) in [6.45, 7) is 3.39. The van der Waals surface area contributed by atoms with Crippen LogP contribution < -0.4 is 15.5 Å². The minimum Gasteiger partial charge on any atom is -0.469 e. The fourth-order valence-electron chi connectivity index (χ4n) is 3.41. The first-order valence-electron chi connectivity index (χ1n) is 9.45. The number of methoxy groups -OCH3 is 1. The molecule has 0 aromatic heterocycles. The van der Waals surface area contributed by atoms with Gasteiger partial charge in [-0.2, -0.15) is 0 Å². The Kier molecular flexibility index (Phi) is 7.07. The van der Waals surface area contributed by atoms with Gasteiger partial charge in [0.1, 0.15) is 11.4 Å². The number of esters is 1. The molecule has 31 heavy (non-hydrogen) atoms. The molecule has 0 saturated carbocycles. The summed E-state index contributed by atoms with van der Waals surface area (Å²) in [6, 6.07) is 13.1. The molecule has 0 atom stereocenters. The number of hydrogen-bond acceptors (Lipinski definition) is 5. The van der Waals surface area contributed by atoms with Crippen LogP contribution in [0.1, 0.15) is 31.4 Å². The molecular weight excluding hydrogens is 420 g/mol. The SMILES string of the molecule is COC(=O)CCc1ccc(N2C(=O)N(c3ccc(C(=N)N)cc3)C(=O)C2(C)C)cc1.Cl. The lowest BCUT2D eigenvalue weighted by molar-refractivity contribution is -0.140. The Bertz CT molecular complexity index is 1000. The van der Waals surface area contributed by atoms with Gasteiger partial charge in [0.05, 0.1) is 12.8 Å². The van der Waals surface area contributed by atoms with E-state index in [1.165, 1.54) is 12.0 Å². The fourth-order valence-corrected chi connectivity index (χ4v) is 3.41. The molecule has 2 aromatic rings. The number of urea groups is 1. The van der Waals surface area contributed by atoms with Crippen LogP contribution in [0.3, 0.4) is 0 Å². The number of nitrogens with zero attached hydrogens (tertiary/aromatic N) is 2. The van der Waals surface area contributed by atoms with Crippen molar-refractivity contribution in [3.63, 3.8) is 0 Å². The van der Waals surface area contributed by atoms with Crippen LogP contribution in [-0.4, -0.2) is 36.4 Å². The lowest BCUT2D eigenvalue weighted by atomic mass is 10.0. The van der Waals surface area contributed by atoms with Gasteiger partial charge in [-0.05, 0) is 62.2 Å². The number of rotatable bonds is 6. The summed E-state index contributed by atoms with van der Waals surface area (Å²) in [4.78, 5) is 40.2. The molecule has 1 heterocycles. The number of aryl methyl sites for hydroxylation is 1. The van der Waals surface area contributed by atoms with E-state index in [1.807, 2.05) is 12.1 Å². The van der Waals surface area contributed by atoms with Crippen LogP contribution in [0.25, 0.3) is 0 Å². The van der Waals surface area contributed by atoms with Gasteiger partial charge < -0.3 is 10.5 Å². The molecule has 0 unspecified atom stereocenters. The molecule has 3 amide bonds. The van der Waals surface area contributed by atoms with Gasteiger partial charge in [-0.1, -0.05) is 12.1 Å². The number of hydrogen-bond donors (Lipinski definition) is 2. The van der Waals surface area contributed by atoms with Crippen LogP contribution in [0.4, 0.5) is 16.2 Å². The van der Waals surface area contributed by atoms with Gasteiger partial charge in [-0.3, -0.25) is 19.9 Å². The molecule has 1 saturated heterocycles. The molecule has 0 spiro atoms. The smallest absolute Gasteiger partial charge is 0.336 e. The maximum atomic E-state index is 13.2. The van der Waals surface area contributed by atoms with Crippen molar-refractivity contribution in [2.24, 2.45) is 5.73 Å². The zero-order valence-electron chi connectivity index (χ0n) is 17.5. The van der Waals surface area contributed by atoms with Crippen molar-refractivity contribution in [2.75, 3.05) is 16.9 Å². The van der Waals surface area contributed by atoms with Gasteiger partial charge in [-0.25, -0.2) is 9.69 Å². The zero-order chi connectivity index (χ0) is 22.1. The summed E-state index contributed by atoms with van der Waals surface area (Å²) in [5, 5.41) is 7.48.